The maximum atomic E-state index is 12.0. The van der Waals surface area contributed by atoms with Crippen molar-refractivity contribution >= 4 is 52.2 Å². The summed E-state index contributed by atoms with van der Waals surface area (Å²) in [5, 5.41) is 5.15. The van der Waals surface area contributed by atoms with Crippen LogP contribution < -0.4 is 10.6 Å². The van der Waals surface area contributed by atoms with Gasteiger partial charge in [0.1, 0.15) is 6.10 Å². The first kappa shape index (κ1) is 18.8. The van der Waals surface area contributed by atoms with Crippen LogP contribution in [-0.4, -0.2) is 31.7 Å². The van der Waals surface area contributed by atoms with E-state index in [0.29, 0.717) is 10.0 Å². The lowest BCUT2D eigenvalue weighted by Crippen LogP contribution is -2.37. The fraction of sp³-hybridized carbons (Fsp3) is 0.250. The molecular formula is C16H17ClN2O3S2. The Labute approximate surface area is 153 Å². The molecule has 24 heavy (non-hydrogen) atoms. The Bertz CT molecular complexity index is 721. The van der Waals surface area contributed by atoms with Crippen molar-refractivity contribution in [3.8, 4) is 0 Å². The molecule has 0 fully saturated rings. The van der Waals surface area contributed by atoms with Gasteiger partial charge in [0.15, 0.2) is 0 Å². The number of rotatable bonds is 6. The van der Waals surface area contributed by atoms with E-state index in [4.69, 9.17) is 16.3 Å². The van der Waals surface area contributed by atoms with Crippen molar-refractivity contribution < 1.29 is 14.3 Å². The third-order valence-electron chi connectivity index (χ3n) is 3.18. The van der Waals surface area contributed by atoms with E-state index in [1.165, 1.54) is 11.3 Å². The van der Waals surface area contributed by atoms with Crippen LogP contribution >= 0.6 is 34.7 Å². The summed E-state index contributed by atoms with van der Waals surface area (Å²) in [4.78, 5) is 25.8. The highest BCUT2D eigenvalue weighted by molar-refractivity contribution is 7.98. The molecule has 0 radical (unpaired) electrons. The number of nitrogens with one attached hydrogen (secondary N) is 2. The Morgan fingerprint density at radius 1 is 1.29 bits per heavy atom. The maximum Gasteiger partial charge on any atom is 0.313 e. The number of carbonyl (C=O) groups is 2. The molecule has 2 rings (SSSR count). The van der Waals surface area contributed by atoms with Crippen LogP contribution in [0.25, 0.3) is 0 Å². The molecule has 1 aromatic carbocycles. The second kappa shape index (κ2) is 9.08. The highest BCUT2D eigenvalue weighted by Gasteiger charge is 2.18. The lowest BCUT2D eigenvalue weighted by Gasteiger charge is -2.14. The quantitative estimate of drug-likeness (QED) is 0.590. The molecule has 2 N–H and O–H groups in total. The van der Waals surface area contributed by atoms with Gasteiger partial charge in [0.25, 0.3) is 0 Å². The lowest BCUT2D eigenvalue weighted by atomic mass is 10.3. The Balaban J connectivity index is 1.90. The lowest BCUT2D eigenvalue weighted by molar-refractivity contribution is -0.136. The number of hydrogen-bond acceptors (Lipinski definition) is 5. The number of amides is 2. The normalized spacial score (nSPS) is 11.8. The molecule has 1 atom stereocenters. The zero-order chi connectivity index (χ0) is 17.5. The van der Waals surface area contributed by atoms with Crippen molar-refractivity contribution in [3.05, 3.63) is 45.6 Å². The molecule has 0 saturated heterocycles. The Hall–Kier alpha value is -1.54. The van der Waals surface area contributed by atoms with E-state index in [1.807, 2.05) is 24.5 Å². The number of methoxy groups -OCH3 is 1. The number of anilines is 1. The molecule has 0 aliphatic rings. The average Bonchev–Trinajstić information content (AvgIpc) is 3.01. The summed E-state index contributed by atoms with van der Waals surface area (Å²) in [6.07, 6.45) is 1.59. The molecule has 0 bridgehead atoms. The highest BCUT2D eigenvalue weighted by atomic mass is 35.5. The molecule has 0 spiro atoms. The topological polar surface area (TPSA) is 67.4 Å². The molecule has 0 saturated carbocycles. The van der Waals surface area contributed by atoms with Gasteiger partial charge >= 0.3 is 11.8 Å². The zero-order valence-corrected chi connectivity index (χ0v) is 15.6. The fourth-order valence-corrected chi connectivity index (χ4v) is 3.55. The minimum absolute atomic E-state index is 0.185. The number of hydrogen-bond donors (Lipinski definition) is 2. The predicted octanol–water partition coefficient (Wildman–Crippen LogP) is 3.57. The van der Waals surface area contributed by atoms with Crippen molar-refractivity contribution in [2.24, 2.45) is 0 Å². The third-order valence-corrected chi connectivity index (χ3v) is 5.23. The maximum absolute atomic E-state index is 12.0. The smallest absolute Gasteiger partial charge is 0.313 e. The molecule has 1 unspecified atom stereocenters. The molecular weight excluding hydrogens is 368 g/mol. The van der Waals surface area contributed by atoms with E-state index in [0.717, 1.165) is 9.77 Å². The van der Waals surface area contributed by atoms with Crippen molar-refractivity contribution in [2.45, 2.75) is 11.0 Å². The molecule has 0 aliphatic heterocycles. The summed E-state index contributed by atoms with van der Waals surface area (Å²) in [6.45, 7) is 0.185. The summed E-state index contributed by atoms with van der Waals surface area (Å²) in [6, 6.07) is 10.9. The first-order chi connectivity index (χ1) is 11.5. The molecule has 2 amide bonds. The van der Waals surface area contributed by atoms with Gasteiger partial charge in [0.2, 0.25) is 0 Å². The molecule has 1 aromatic heterocycles. The first-order valence-corrected chi connectivity index (χ1v) is 9.46. The Kier molecular flexibility index (Phi) is 7.11. The van der Waals surface area contributed by atoms with Crippen LogP contribution in [0.15, 0.2) is 41.3 Å². The van der Waals surface area contributed by atoms with Crippen molar-refractivity contribution in [1.29, 1.82) is 0 Å². The molecule has 0 aliphatic carbocycles. The third kappa shape index (κ3) is 5.24. The number of ether oxygens (including phenoxy) is 1. The van der Waals surface area contributed by atoms with Crippen molar-refractivity contribution in [3.63, 3.8) is 0 Å². The van der Waals surface area contributed by atoms with Crippen molar-refractivity contribution in [2.75, 3.05) is 25.2 Å². The van der Waals surface area contributed by atoms with Crippen LogP contribution in [-0.2, 0) is 14.3 Å². The van der Waals surface area contributed by atoms with Gasteiger partial charge in [-0.2, -0.15) is 0 Å². The van der Waals surface area contributed by atoms with E-state index >= 15 is 0 Å². The molecule has 8 heteroatoms. The van der Waals surface area contributed by atoms with Gasteiger partial charge in [-0.3, -0.25) is 9.59 Å². The standard InChI is InChI=1S/C16H17ClN2O3S2/c1-22-12(13-6-7-14(17)24-13)9-18-15(20)16(21)19-10-4-3-5-11(8-10)23-2/h3-8,12H,9H2,1-2H3,(H,18,20)(H,19,21). The van der Waals surface area contributed by atoms with Gasteiger partial charge in [-0.15, -0.1) is 23.1 Å². The van der Waals surface area contributed by atoms with E-state index in [-0.39, 0.29) is 12.6 Å². The summed E-state index contributed by atoms with van der Waals surface area (Å²) in [5.41, 5.74) is 0.579. The van der Waals surface area contributed by atoms with Gasteiger partial charge in [-0.05, 0) is 36.6 Å². The molecule has 1 heterocycles. The zero-order valence-electron chi connectivity index (χ0n) is 13.2. The first-order valence-electron chi connectivity index (χ1n) is 7.04. The van der Waals surface area contributed by atoms with Crippen LogP contribution in [0.5, 0.6) is 0 Å². The van der Waals surface area contributed by atoms with Crippen molar-refractivity contribution in [1.82, 2.24) is 5.32 Å². The monoisotopic (exact) mass is 384 g/mol. The van der Waals surface area contributed by atoms with Crippen LogP contribution in [0.3, 0.4) is 0 Å². The Morgan fingerprint density at radius 3 is 2.71 bits per heavy atom. The number of thiophene rings is 1. The van der Waals surface area contributed by atoms with E-state index in [2.05, 4.69) is 10.6 Å². The van der Waals surface area contributed by atoms with Gasteiger partial charge in [0, 0.05) is 29.1 Å². The number of thioether (sulfide) groups is 1. The minimum atomic E-state index is -0.715. The second-order valence-electron chi connectivity index (χ2n) is 4.76. The van der Waals surface area contributed by atoms with Crippen LogP contribution in [0.1, 0.15) is 11.0 Å². The van der Waals surface area contributed by atoms with Gasteiger partial charge in [-0.1, -0.05) is 17.7 Å². The molecule has 2 aromatic rings. The SMILES string of the molecule is COC(CNC(=O)C(=O)Nc1cccc(SC)c1)c1ccc(Cl)s1. The highest BCUT2D eigenvalue weighted by Crippen LogP contribution is 2.28. The predicted molar refractivity (Wildman–Crippen MR) is 98.9 cm³/mol. The van der Waals surface area contributed by atoms with E-state index in [1.54, 1.807) is 37.1 Å². The number of halogens is 1. The van der Waals surface area contributed by atoms with Crippen LogP contribution in [0.4, 0.5) is 5.69 Å². The summed E-state index contributed by atoms with van der Waals surface area (Å²) in [5.74, 6) is -1.43. The van der Waals surface area contributed by atoms with Gasteiger partial charge in [-0.25, -0.2) is 0 Å². The summed E-state index contributed by atoms with van der Waals surface area (Å²) in [7, 11) is 1.54. The van der Waals surface area contributed by atoms with Crippen LogP contribution in [0.2, 0.25) is 4.34 Å². The Morgan fingerprint density at radius 2 is 2.08 bits per heavy atom. The molecule has 128 valence electrons. The largest absolute Gasteiger partial charge is 0.374 e. The van der Waals surface area contributed by atoms with Gasteiger partial charge < -0.3 is 15.4 Å². The minimum Gasteiger partial charge on any atom is -0.374 e. The van der Waals surface area contributed by atoms with Crippen LogP contribution in [0, 0.1) is 0 Å². The summed E-state index contributed by atoms with van der Waals surface area (Å²) < 4.78 is 5.97. The van der Waals surface area contributed by atoms with E-state index < -0.39 is 11.8 Å². The number of carbonyl (C=O) groups excluding carboxylic acids is 2. The number of benzene rings is 1. The summed E-state index contributed by atoms with van der Waals surface area (Å²) >= 11 is 8.83. The second-order valence-corrected chi connectivity index (χ2v) is 7.39. The average molecular weight is 385 g/mol. The van der Waals surface area contributed by atoms with E-state index in [9.17, 15) is 9.59 Å². The van der Waals surface area contributed by atoms with Gasteiger partial charge in [0.05, 0.1) is 4.34 Å². The molecule has 5 nitrogen and oxygen atoms in total. The fourth-order valence-electron chi connectivity index (χ4n) is 1.96.